The fraction of sp³-hybridized carbons (Fsp3) is 0.457. The molecule has 4 aliphatic rings. The zero-order valence-electron chi connectivity index (χ0n) is 37.0. The SMILES string of the molecule is CCOC(=O)C1(C(=O)OCC)CC(/C=C/C2=[N+](CCCS(=O)(=O)O)c3ccc4c(c3C2(C)C)C=CCC4)=CC(=C/C=C2/N(CCCS(=O)(=O)O)c3ccc(S(=O)(=O)O)cc3C2(C)C)/C1. The van der Waals surface area contributed by atoms with E-state index in [-0.39, 0.29) is 56.9 Å². The minimum Gasteiger partial charge on any atom is -0.465 e. The standard InChI is InChI=1S/C46H56N2O13S3/c1-7-60-42(49)46(43(50)61-8-2)29-31(15-21-39-44(3,4)36-28-34(64(57,58)59)18-20-37(36)47(39)23-11-25-62(51,52)53)27-32(30-46)16-22-40-45(5,6)41-35-14-10-9-13-33(35)17-19-38(41)48(40)24-12-26-63(54,55)56/h10,14-22,27-28H,7-9,11-13,23-26,29-30H2,1-6H3,(H2-,51,52,53,54,55,56,57,58,59)/p+1. The fourth-order valence-corrected chi connectivity index (χ4v) is 11.0. The molecule has 0 aromatic heterocycles. The van der Waals surface area contributed by atoms with Crippen LogP contribution in [0.25, 0.3) is 6.08 Å². The van der Waals surface area contributed by atoms with Crippen LogP contribution >= 0.6 is 0 Å². The summed E-state index contributed by atoms with van der Waals surface area (Å²) in [6.45, 7) is 11.5. The number of fused-ring (bicyclic) bond motifs is 4. The third kappa shape index (κ3) is 10.1. The summed E-state index contributed by atoms with van der Waals surface area (Å²) >= 11 is 0. The molecule has 15 nitrogen and oxygen atoms in total. The minimum absolute atomic E-state index is 0.00382. The largest absolute Gasteiger partial charge is 0.465 e. The molecule has 64 heavy (non-hydrogen) atoms. The Bertz CT molecular complexity index is 2760. The van der Waals surface area contributed by atoms with Gasteiger partial charge in [0.1, 0.15) is 6.54 Å². The summed E-state index contributed by atoms with van der Waals surface area (Å²) in [7, 11) is -13.1. The first-order valence-corrected chi connectivity index (χ1v) is 25.9. The van der Waals surface area contributed by atoms with Gasteiger partial charge in [-0.3, -0.25) is 23.2 Å². The van der Waals surface area contributed by atoms with Gasteiger partial charge in [-0.1, -0.05) is 50.3 Å². The molecule has 0 bridgehead atoms. The van der Waals surface area contributed by atoms with Gasteiger partial charge in [0, 0.05) is 47.5 Å². The van der Waals surface area contributed by atoms with E-state index < -0.39 is 70.0 Å². The second-order valence-corrected chi connectivity index (χ2v) is 22.1. The summed E-state index contributed by atoms with van der Waals surface area (Å²) in [5.74, 6) is -2.50. The first-order valence-electron chi connectivity index (χ1n) is 21.3. The molecular formula is C46H57N2O13S3+. The highest BCUT2D eigenvalue weighted by Gasteiger charge is 2.52. The van der Waals surface area contributed by atoms with E-state index in [0.29, 0.717) is 28.1 Å². The number of rotatable bonds is 16. The highest BCUT2D eigenvalue weighted by molar-refractivity contribution is 7.86. The number of allylic oxidation sites excluding steroid dienone is 9. The number of ether oxygens (including phenoxy) is 2. The molecule has 2 aromatic carbocycles. The van der Waals surface area contributed by atoms with Crippen molar-refractivity contribution in [2.24, 2.45) is 5.41 Å². The Balaban J connectivity index is 1.51. The topological polar surface area (TPSA) is 222 Å². The van der Waals surface area contributed by atoms with Crippen molar-refractivity contribution in [1.29, 1.82) is 0 Å². The zero-order chi connectivity index (χ0) is 47.0. The maximum Gasteiger partial charge on any atom is 0.324 e. The summed E-state index contributed by atoms with van der Waals surface area (Å²) in [5.41, 5.74) is 4.63. The normalized spacial score (nSPS) is 20.1. The first kappa shape index (κ1) is 48.7. The smallest absolute Gasteiger partial charge is 0.324 e. The molecule has 0 amide bonds. The van der Waals surface area contributed by atoms with E-state index in [1.165, 1.54) is 23.8 Å². The molecule has 0 radical (unpaired) electrons. The van der Waals surface area contributed by atoms with Crippen molar-refractivity contribution in [2.75, 3.05) is 42.7 Å². The average Bonchev–Trinajstić information content (AvgIpc) is 3.55. The van der Waals surface area contributed by atoms with Crippen LogP contribution in [0.5, 0.6) is 0 Å². The van der Waals surface area contributed by atoms with E-state index in [4.69, 9.17) is 9.47 Å². The number of hydrogen-bond acceptors (Lipinski definition) is 11. The van der Waals surface area contributed by atoms with Crippen molar-refractivity contribution in [3.05, 3.63) is 106 Å². The maximum atomic E-state index is 14.1. The van der Waals surface area contributed by atoms with Gasteiger partial charge in [0.25, 0.3) is 30.4 Å². The predicted molar refractivity (Wildman–Crippen MR) is 244 cm³/mol. The number of esters is 2. The van der Waals surface area contributed by atoms with E-state index in [9.17, 15) is 48.5 Å². The van der Waals surface area contributed by atoms with Crippen molar-refractivity contribution in [3.63, 3.8) is 0 Å². The number of aryl methyl sites for hydroxylation is 1. The number of carbonyl (C=O) groups excluding carboxylic acids is 2. The van der Waals surface area contributed by atoms with Crippen molar-refractivity contribution in [2.45, 2.75) is 95.8 Å². The molecule has 0 unspecified atom stereocenters. The van der Waals surface area contributed by atoms with Crippen LogP contribution in [-0.4, -0.2) is 98.9 Å². The van der Waals surface area contributed by atoms with E-state index in [1.807, 2.05) is 43.0 Å². The van der Waals surface area contributed by atoms with Crippen LogP contribution in [-0.2, 0) is 66.7 Å². The van der Waals surface area contributed by atoms with E-state index >= 15 is 0 Å². The lowest BCUT2D eigenvalue weighted by Crippen LogP contribution is -2.44. The van der Waals surface area contributed by atoms with Crippen molar-refractivity contribution in [1.82, 2.24) is 0 Å². The van der Waals surface area contributed by atoms with Gasteiger partial charge in [0.2, 0.25) is 5.69 Å². The number of nitrogens with zero attached hydrogens (tertiary/aromatic N) is 2. The van der Waals surface area contributed by atoms with Crippen molar-refractivity contribution in [3.8, 4) is 0 Å². The first-order chi connectivity index (χ1) is 29.8. The Morgan fingerprint density at radius 2 is 1.48 bits per heavy atom. The Hall–Kier alpha value is -4.72. The van der Waals surface area contributed by atoms with Gasteiger partial charge in [-0.15, -0.1) is 0 Å². The molecular weight excluding hydrogens is 885 g/mol. The number of hydrogen-bond donors (Lipinski definition) is 3. The summed E-state index contributed by atoms with van der Waals surface area (Å²) < 4.78 is 114. The number of benzene rings is 2. The third-order valence-corrected chi connectivity index (χ3v) is 14.8. The molecule has 3 N–H and O–H groups in total. The van der Waals surface area contributed by atoms with Crippen LogP contribution in [0.1, 0.15) is 95.9 Å². The predicted octanol–water partition coefficient (Wildman–Crippen LogP) is 6.82. The quantitative estimate of drug-likeness (QED) is 0.0680. The van der Waals surface area contributed by atoms with Gasteiger partial charge in [-0.25, -0.2) is 0 Å². The minimum atomic E-state index is -4.58. The van der Waals surface area contributed by atoms with Crippen LogP contribution in [0.4, 0.5) is 11.4 Å². The zero-order valence-corrected chi connectivity index (χ0v) is 39.4. The van der Waals surface area contributed by atoms with E-state index in [0.717, 1.165) is 35.4 Å². The molecule has 2 aliphatic heterocycles. The molecule has 6 rings (SSSR count). The Morgan fingerprint density at radius 3 is 2.11 bits per heavy atom. The fourth-order valence-electron chi connectivity index (χ4n) is 9.48. The van der Waals surface area contributed by atoms with Gasteiger partial charge < -0.3 is 14.4 Å². The highest BCUT2D eigenvalue weighted by Crippen LogP contribution is 2.50. The molecule has 2 heterocycles. The van der Waals surface area contributed by atoms with Crippen LogP contribution in [0.15, 0.2) is 88.5 Å². The summed E-state index contributed by atoms with van der Waals surface area (Å²) in [6.07, 6.45) is 15.1. The van der Waals surface area contributed by atoms with Gasteiger partial charge in [-0.05, 0) is 112 Å². The van der Waals surface area contributed by atoms with Gasteiger partial charge in [0.15, 0.2) is 11.1 Å². The summed E-state index contributed by atoms with van der Waals surface area (Å²) in [4.78, 5) is 29.6. The van der Waals surface area contributed by atoms with Crippen LogP contribution in [0.2, 0.25) is 0 Å². The number of anilines is 1. The second kappa shape index (κ2) is 18.3. The molecule has 346 valence electrons. The van der Waals surface area contributed by atoms with Crippen LogP contribution in [0, 0.1) is 5.41 Å². The molecule has 0 atom stereocenters. The molecule has 0 saturated heterocycles. The summed E-state index contributed by atoms with van der Waals surface area (Å²) in [5, 5.41) is 0. The van der Waals surface area contributed by atoms with Crippen molar-refractivity contribution >= 4 is 65.5 Å². The lowest BCUT2D eigenvalue weighted by molar-refractivity contribution is -0.437. The summed E-state index contributed by atoms with van der Waals surface area (Å²) in [6, 6.07) is 8.27. The molecule has 18 heteroatoms. The molecule has 2 aliphatic carbocycles. The third-order valence-electron chi connectivity index (χ3n) is 12.4. The average molecular weight is 942 g/mol. The molecule has 0 fully saturated rings. The van der Waals surface area contributed by atoms with E-state index in [2.05, 4.69) is 36.6 Å². The van der Waals surface area contributed by atoms with Crippen molar-refractivity contribution < 1.29 is 62.5 Å². The van der Waals surface area contributed by atoms with Crippen LogP contribution in [0.3, 0.4) is 0 Å². The lowest BCUT2D eigenvalue weighted by atomic mass is 9.71. The van der Waals surface area contributed by atoms with Gasteiger partial charge in [0.05, 0.1) is 35.0 Å². The number of carbonyl (C=O) groups is 2. The Morgan fingerprint density at radius 1 is 0.828 bits per heavy atom. The molecule has 0 spiro atoms. The van der Waals surface area contributed by atoms with E-state index in [1.54, 1.807) is 26.0 Å². The Kier molecular flexibility index (Phi) is 13.9. The monoisotopic (exact) mass is 941 g/mol. The Labute approximate surface area is 376 Å². The van der Waals surface area contributed by atoms with Gasteiger partial charge >= 0.3 is 11.9 Å². The lowest BCUT2D eigenvalue weighted by Gasteiger charge is -2.33. The van der Waals surface area contributed by atoms with Gasteiger partial charge in [-0.2, -0.15) is 29.8 Å². The maximum absolute atomic E-state index is 14.1. The highest BCUT2D eigenvalue weighted by atomic mass is 32.2. The molecule has 0 saturated carbocycles. The van der Waals surface area contributed by atoms with Crippen LogP contribution < -0.4 is 4.90 Å². The second-order valence-electron chi connectivity index (χ2n) is 17.6. The molecule has 2 aromatic rings.